The van der Waals surface area contributed by atoms with Crippen LogP contribution in [0.25, 0.3) is 0 Å². The Morgan fingerprint density at radius 3 is 2.19 bits per heavy atom. The third-order valence-corrected chi connectivity index (χ3v) is 9.70. The predicted octanol–water partition coefficient (Wildman–Crippen LogP) is 6.50. The number of sulfonamides is 1. The fourth-order valence-corrected chi connectivity index (χ4v) is 6.69. The molecular weight excluding hydrogens is 617 g/mol. The van der Waals surface area contributed by atoms with E-state index in [1.165, 1.54) is 17.0 Å². The van der Waals surface area contributed by atoms with Gasteiger partial charge < -0.3 is 10.2 Å². The molecule has 224 valence electrons. The first-order valence-electron chi connectivity index (χ1n) is 13.8. The molecule has 0 bridgehead atoms. The second-order valence-corrected chi connectivity index (χ2v) is 13.6. The van der Waals surface area contributed by atoms with Gasteiger partial charge in [0.25, 0.3) is 0 Å². The van der Waals surface area contributed by atoms with Crippen LogP contribution in [0.4, 0.5) is 5.69 Å². The summed E-state index contributed by atoms with van der Waals surface area (Å²) in [6.45, 7) is -0.597. The highest BCUT2D eigenvalue weighted by Crippen LogP contribution is 2.34. The second-order valence-electron chi connectivity index (χ2n) is 10.5. The smallest absolute Gasteiger partial charge is 0.244 e. The van der Waals surface area contributed by atoms with Gasteiger partial charge in [-0.1, -0.05) is 109 Å². The van der Waals surface area contributed by atoms with Crippen LogP contribution in [0.2, 0.25) is 15.1 Å². The molecule has 0 aromatic heterocycles. The van der Waals surface area contributed by atoms with Crippen molar-refractivity contribution in [3.63, 3.8) is 0 Å². The molecule has 1 atom stereocenters. The van der Waals surface area contributed by atoms with E-state index in [0.29, 0.717) is 10.6 Å². The molecule has 3 aromatic rings. The van der Waals surface area contributed by atoms with Gasteiger partial charge in [0.2, 0.25) is 21.8 Å². The molecule has 0 radical (unpaired) electrons. The number of nitrogens with one attached hydrogen (secondary N) is 1. The molecule has 4 rings (SSSR count). The normalized spacial score (nSPS) is 14.7. The third kappa shape index (κ3) is 8.40. The maximum Gasteiger partial charge on any atom is 0.244 e. The molecule has 3 aromatic carbocycles. The number of nitrogens with zero attached hydrogens (tertiary/aromatic N) is 2. The summed E-state index contributed by atoms with van der Waals surface area (Å²) in [5.41, 5.74) is 1.56. The Morgan fingerprint density at radius 2 is 1.52 bits per heavy atom. The van der Waals surface area contributed by atoms with E-state index < -0.39 is 28.5 Å². The highest BCUT2D eigenvalue weighted by Gasteiger charge is 2.35. The van der Waals surface area contributed by atoms with Crippen molar-refractivity contribution >= 4 is 62.3 Å². The van der Waals surface area contributed by atoms with Crippen molar-refractivity contribution < 1.29 is 18.0 Å². The quantitative estimate of drug-likeness (QED) is 0.257. The SMILES string of the molecule is CS(=O)(=O)N(CC(=O)N(Cc1ccccc1Cl)C(Cc1ccccc1)C(=O)NC1CCCCC1)c1cccc(Cl)c1Cl. The molecule has 1 unspecified atom stereocenters. The minimum Gasteiger partial charge on any atom is -0.352 e. The summed E-state index contributed by atoms with van der Waals surface area (Å²) in [5, 5.41) is 3.76. The van der Waals surface area contributed by atoms with Gasteiger partial charge in [0.1, 0.15) is 12.6 Å². The monoisotopic (exact) mass is 649 g/mol. The maximum absolute atomic E-state index is 14.2. The van der Waals surface area contributed by atoms with E-state index >= 15 is 0 Å². The predicted molar refractivity (Wildman–Crippen MR) is 170 cm³/mol. The van der Waals surface area contributed by atoms with Gasteiger partial charge in [-0.15, -0.1) is 0 Å². The maximum atomic E-state index is 14.2. The summed E-state index contributed by atoms with van der Waals surface area (Å²) in [6.07, 6.45) is 6.15. The van der Waals surface area contributed by atoms with E-state index in [4.69, 9.17) is 34.8 Å². The van der Waals surface area contributed by atoms with Crippen molar-refractivity contribution in [1.82, 2.24) is 10.2 Å². The Labute approximate surface area is 262 Å². The molecule has 11 heteroatoms. The molecule has 1 aliphatic carbocycles. The van der Waals surface area contributed by atoms with E-state index in [-0.39, 0.29) is 40.6 Å². The van der Waals surface area contributed by atoms with Crippen molar-refractivity contribution in [2.45, 2.75) is 57.2 Å². The van der Waals surface area contributed by atoms with Crippen LogP contribution in [0.3, 0.4) is 0 Å². The van der Waals surface area contributed by atoms with E-state index in [9.17, 15) is 18.0 Å². The number of carbonyl (C=O) groups excluding carboxylic acids is 2. The Morgan fingerprint density at radius 1 is 0.881 bits per heavy atom. The number of hydrogen-bond acceptors (Lipinski definition) is 4. The van der Waals surface area contributed by atoms with E-state index in [2.05, 4.69) is 5.32 Å². The lowest BCUT2D eigenvalue weighted by molar-refractivity contribution is -0.140. The largest absolute Gasteiger partial charge is 0.352 e. The molecular formula is C31H34Cl3N3O4S. The van der Waals surface area contributed by atoms with Crippen LogP contribution in [0.5, 0.6) is 0 Å². The van der Waals surface area contributed by atoms with Crippen molar-refractivity contribution in [3.8, 4) is 0 Å². The Balaban J connectivity index is 1.75. The summed E-state index contributed by atoms with van der Waals surface area (Å²) in [6, 6.07) is 20.1. The van der Waals surface area contributed by atoms with Crippen molar-refractivity contribution in [2.24, 2.45) is 0 Å². The van der Waals surface area contributed by atoms with Gasteiger partial charge in [0, 0.05) is 24.0 Å². The zero-order valence-corrected chi connectivity index (χ0v) is 26.4. The van der Waals surface area contributed by atoms with E-state index in [0.717, 1.165) is 48.2 Å². The number of carbonyl (C=O) groups is 2. The zero-order chi connectivity index (χ0) is 30.3. The lowest BCUT2D eigenvalue weighted by atomic mass is 9.94. The molecule has 2 amide bonds. The van der Waals surface area contributed by atoms with Gasteiger partial charge in [-0.2, -0.15) is 0 Å². The summed E-state index contributed by atoms with van der Waals surface area (Å²) in [4.78, 5) is 29.6. The van der Waals surface area contributed by atoms with Crippen LogP contribution in [-0.2, 0) is 32.6 Å². The minimum absolute atomic E-state index is 0.00499. The lowest BCUT2D eigenvalue weighted by Gasteiger charge is -2.35. The van der Waals surface area contributed by atoms with Crippen LogP contribution in [0, 0.1) is 0 Å². The minimum atomic E-state index is -3.98. The van der Waals surface area contributed by atoms with Crippen molar-refractivity contribution in [3.05, 3.63) is 99.0 Å². The van der Waals surface area contributed by atoms with Crippen LogP contribution < -0.4 is 9.62 Å². The Kier molecular flexibility index (Phi) is 11.2. The average Bonchev–Trinajstić information content (AvgIpc) is 2.96. The number of anilines is 1. The van der Waals surface area contributed by atoms with Gasteiger partial charge in [-0.05, 0) is 42.2 Å². The van der Waals surface area contributed by atoms with E-state index in [1.807, 2.05) is 30.3 Å². The standard InChI is InChI=1S/C31H34Cl3N3O4S/c1-42(40,41)37(27-18-10-17-26(33)30(27)34)21-29(38)36(20-23-13-8-9-16-25(23)32)28(19-22-11-4-2-5-12-22)31(39)35-24-14-6-3-7-15-24/h2,4-5,8-13,16-18,24,28H,3,6-7,14-15,19-21H2,1H3,(H,35,39). The van der Waals surface area contributed by atoms with Crippen LogP contribution >= 0.6 is 34.8 Å². The fraction of sp³-hybridized carbons (Fsp3) is 0.355. The van der Waals surface area contributed by atoms with Gasteiger partial charge in [-0.3, -0.25) is 13.9 Å². The number of amides is 2. The molecule has 0 heterocycles. The zero-order valence-electron chi connectivity index (χ0n) is 23.3. The first kappa shape index (κ1) is 32.1. The first-order valence-corrected chi connectivity index (χ1v) is 16.8. The van der Waals surface area contributed by atoms with E-state index in [1.54, 1.807) is 30.3 Å². The van der Waals surface area contributed by atoms with Gasteiger partial charge in [-0.25, -0.2) is 8.42 Å². The van der Waals surface area contributed by atoms with Crippen molar-refractivity contribution in [1.29, 1.82) is 0 Å². The van der Waals surface area contributed by atoms with Crippen LogP contribution in [0.15, 0.2) is 72.8 Å². The Hall–Kier alpha value is -2.78. The third-order valence-electron chi connectivity index (χ3n) is 7.40. The van der Waals surface area contributed by atoms with Crippen molar-refractivity contribution in [2.75, 3.05) is 17.1 Å². The number of halogens is 3. The number of benzene rings is 3. The van der Waals surface area contributed by atoms with Crippen LogP contribution in [0.1, 0.15) is 43.2 Å². The molecule has 0 aliphatic heterocycles. The lowest BCUT2D eigenvalue weighted by Crippen LogP contribution is -2.55. The van der Waals surface area contributed by atoms with Gasteiger partial charge in [0.15, 0.2) is 0 Å². The molecule has 1 saturated carbocycles. The molecule has 42 heavy (non-hydrogen) atoms. The Bertz CT molecular complexity index is 1500. The van der Waals surface area contributed by atoms with Gasteiger partial charge >= 0.3 is 0 Å². The van der Waals surface area contributed by atoms with Gasteiger partial charge in [0.05, 0.1) is 22.0 Å². The number of hydrogen-bond donors (Lipinski definition) is 1. The summed E-state index contributed by atoms with van der Waals surface area (Å²) < 4.78 is 26.9. The van der Waals surface area contributed by atoms with Crippen LogP contribution in [-0.4, -0.2) is 50.0 Å². The molecule has 1 N–H and O–H groups in total. The summed E-state index contributed by atoms with van der Waals surface area (Å²) in [7, 11) is -3.98. The highest BCUT2D eigenvalue weighted by molar-refractivity contribution is 7.92. The first-order chi connectivity index (χ1) is 20.0. The highest BCUT2D eigenvalue weighted by atomic mass is 35.5. The summed E-state index contributed by atoms with van der Waals surface area (Å²) >= 11 is 19.1. The molecule has 0 saturated heterocycles. The molecule has 1 aliphatic rings. The molecule has 0 spiro atoms. The number of rotatable bonds is 11. The fourth-order valence-electron chi connectivity index (χ4n) is 5.19. The second kappa shape index (κ2) is 14.6. The molecule has 7 nitrogen and oxygen atoms in total. The molecule has 1 fully saturated rings. The average molecular weight is 651 g/mol. The summed E-state index contributed by atoms with van der Waals surface area (Å²) in [5.74, 6) is -0.881. The topological polar surface area (TPSA) is 86.8 Å².